The molecule has 1 aromatic rings. The van der Waals surface area contributed by atoms with Crippen LogP contribution in [0.4, 0.5) is 0 Å². The summed E-state index contributed by atoms with van der Waals surface area (Å²) in [5.41, 5.74) is 7.08. The summed E-state index contributed by atoms with van der Waals surface area (Å²) in [7, 11) is 0. The van der Waals surface area contributed by atoms with Gasteiger partial charge in [-0.2, -0.15) is 0 Å². The lowest BCUT2D eigenvalue weighted by Crippen LogP contribution is -2.44. The number of halogens is 1. The molecule has 1 saturated carbocycles. The number of carbonyl (C=O) groups is 1. The number of nitrogens with one attached hydrogen (secondary N) is 1. The van der Waals surface area contributed by atoms with Crippen molar-refractivity contribution in [1.29, 1.82) is 0 Å². The van der Waals surface area contributed by atoms with Crippen LogP contribution < -0.4 is 11.1 Å². The predicted octanol–water partition coefficient (Wildman–Crippen LogP) is 3.05. The van der Waals surface area contributed by atoms with Gasteiger partial charge in [-0.1, -0.05) is 36.6 Å². The smallest absolute Gasteiger partial charge is 0.222 e. The van der Waals surface area contributed by atoms with E-state index in [4.69, 9.17) is 17.3 Å². The number of carbonyl (C=O) groups excluding carboxylic acids is 1. The van der Waals surface area contributed by atoms with Crippen molar-refractivity contribution in [3.05, 3.63) is 34.9 Å². The Hall–Kier alpha value is -1.06. The van der Waals surface area contributed by atoms with Gasteiger partial charge in [-0.15, -0.1) is 0 Å². The molecule has 0 aliphatic heterocycles. The van der Waals surface area contributed by atoms with E-state index in [0.717, 1.165) is 42.7 Å². The molecule has 1 aromatic carbocycles. The van der Waals surface area contributed by atoms with Crippen LogP contribution in [-0.2, 0) is 11.2 Å². The van der Waals surface area contributed by atoms with Crippen LogP contribution in [-0.4, -0.2) is 17.5 Å². The minimum Gasteiger partial charge on any atom is -0.353 e. The van der Waals surface area contributed by atoms with E-state index in [1.807, 2.05) is 31.2 Å². The van der Waals surface area contributed by atoms with Crippen molar-refractivity contribution >= 4 is 17.5 Å². The van der Waals surface area contributed by atoms with E-state index in [1.54, 1.807) is 0 Å². The molecule has 3 nitrogen and oxygen atoms in total. The third-order valence-corrected chi connectivity index (χ3v) is 4.19. The van der Waals surface area contributed by atoms with Gasteiger partial charge < -0.3 is 11.1 Å². The van der Waals surface area contributed by atoms with Gasteiger partial charge in [0, 0.05) is 23.0 Å². The van der Waals surface area contributed by atoms with E-state index in [-0.39, 0.29) is 17.5 Å². The zero-order chi connectivity index (χ0) is 14.6. The molecule has 0 aromatic heterocycles. The summed E-state index contributed by atoms with van der Waals surface area (Å²) in [6.07, 6.45) is 5.42. The van der Waals surface area contributed by atoms with Crippen molar-refractivity contribution < 1.29 is 4.79 Å². The summed E-state index contributed by atoms with van der Waals surface area (Å²) in [5.74, 6) is 0.0592. The summed E-state index contributed by atoms with van der Waals surface area (Å²) in [6.45, 7) is 2.01. The van der Waals surface area contributed by atoms with E-state index < -0.39 is 0 Å². The molecular formula is C16H23ClN2O. The normalized spacial score (nSPS) is 18.8. The number of hydrogen-bond acceptors (Lipinski definition) is 2. The molecule has 20 heavy (non-hydrogen) atoms. The molecule has 1 amide bonds. The van der Waals surface area contributed by atoms with E-state index in [0.29, 0.717) is 6.42 Å². The van der Waals surface area contributed by atoms with E-state index >= 15 is 0 Å². The number of nitrogens with two attached hydrogens (primary N) is 1. The lowest BCUT2D eigenvalue weighted by Gasteiger charge is -2.24. The third-order valence-electron chi connectivity index (χ3n) is 3.95. The molecule has 1 fully saturated rings. The van der Waals surface area contributed by atoms with Crippen molar-refractivity contribution in [3.63, 3.8) is 0 Å². The lowest BCUT2D eigenvalue weighted by atomic mass is 9.94. The van der Waals surface area contributed by atoms with E-state index in [1.165, 1.54) is 0 Å². The maximum Gasteiger partial charge on any atom is 0.222 e. The summed E-state index contributed by atoms with van der Waals surface area (Å²) in [4.78, 5) is 12.1. The van der Waals surface area contributed by atoms with Gasteiger partial charge >= 0.3 is 0 Å². The molecule has 4 heteroatoms. The fourth-order valence-electron chi connectivity index (χ4n) is 2.97. The Bertz CT molecular complexity index is 469. The summed E-state index contributed by atoms with van der Waals surface area (Å²) >= 11 is 5.96. The highest BCUT2D eigenvalue weighted by atomic mass is 35.5. The average molecular weight is 295 g/mol. The van der Waals surface area contributed by atoms with Crippen molar-refractivity contribution in [2.75, 3.05) is 0 Å². The number of rotatable bonds is 5. The van der Waals surface area contributed by atoms with Crippen molar-refractivity contribution in [2.24, 2.45) is 5.73 Å². The Morgan fingerprint density at radius 1 is 1.45 bits per heavy atom. The summed E-state index contributed by atoms with van der Waals surface area (Å²) < 4.78 is 0. The summed E-state index contributed by atoms with van der Waals surface area (Å²) in [6, 6.07) is 7.83. The van der Waals surface area contributed by atoms with Crippen LogP contribution in [0.2, 0.25) is 5.02 Å². The van der Waals surface area contributed by atoms with Crippen LogP contribution in [0, 0.1) is 0 Å². The largest absolute Gasteiger partial charge is 0.353 e. The van der Waals surface area contributed by atoms with Gasteiger partial charge in [-0.3, -0.25) is 4.79 Å². The fraction of sp³-hybridized carbons (Fsp3) is 0.562. The van der Waals surface area contributed by atoms with Crippen LogP contribution in [0.1, 0.15) is 44.6 Å². The second kappa shape index (κ2) is 6.59. The molecule has 0 heterocycles. The van der Waals surface area contributed by atoms with Gasteiger partial charge in [0.1, 0.15) is 0 Å². The average Bonchev–Trinajstić information content (AvgIpc) is 2.74. The molecule has 1 unspecified atom stereocenters. The second-order valence-electron chi connectivity index (χ2n) is 6.05. The maximum absolute atomic E-state index is 12.1. The molecule has 1 atom stereocenters. The van der Waals surface area contributed by atoms with Gasteiger partial charge in [-0.05, 0) is 43.9 Å². The zero-order valence-corrected chi connectivity index (χ0v) is 12.7. The molecule has 1 aliphatic carbocycles. The monoisotopic (exact) mass is 294 g/mol. The van der Waals surface area contributed by atoms with Crippen molar-refractivity contribution in [2.45, 2.75) is 57.0 Å². The Morgan fingerprint density at radius 2 is 2.15 bits per heavy atom. The maximum atomic E-state index is 12.1. The van der Waals surface area contributed by atoms with Crippen LogP contribution >= 0.6 is 11.6 Å². The zero-order valence-electron chi connectivity index (χ0n) is 12.0. The first kappa shape index (κ1) is 15.3. The molecule has 110 valence electrons. The van der Waals surface area contributed by atoms with Crippen LogP contribution in [0.15, 0.2) is 24.3 Å². The Kier molecular flexibility index (Phi) is 5.06. The Labute approximate surface area is 125 Å². The third kappa shape index (κ3) is 4.50. The van der Waals surface area contributed by atoms with E-state index in [9.17, 15) is 4.79 Å². The Morgan fingerprint density at radius 3 is 2.80 bits per heavy atom. The molecule has 1 aliphatic rings. The van der Waals surface area contributed by atoms with Gasteiger partial charge in [0.15, 0.2) is 0 Å². The molecule has 0 radical (unpaired) electrons. The molecule has 0 bridgehead atoms. The highest BCUT2D eigenvalue weighted by Gasteiger charge is 2.31. The predicted molar refractivity (Wildman–Crippen MR) is 82.8 cm³/mol. The lowest BCUT2D eigenvalue weighted by molar-refractivity contribution is -0.122. The van der Waals surface area contributed by atoms with Crippen LogP contribution in [0.25, 0.3) is 0 Å². The van der Waals surface area contributed by atoms with Crippen molar-refractivity contribution in [3.8, 4) is 0 Å². The molecule has 2 rings (SSSR count). The molecule has 0 saturated heterocycles. The topological polar surface area (TPSA) is 55.1 Å². The standard InChI is InChI=1S/C16H23ClN2O/c1-12(9-13-5-4-6-14(17)10-13)19-15(20)11-16(18)7-2-3-8-16/h4-6,10,12H,2-3,7-9,11,18H2,1H3,(H,19,20). The van der Waals surface area contributed by atoms with Crippen LogP contribution in [0.3, 0.4) is 0 Å². The van der Waals surface area contributed by atoms with Gasteiger partial charge in [0.05, 0.1) is 0 Å². The first-order valence-corrected chi connectivity index (χ1v) is 7.67. The first-order chi connectivity index (χ1) is 9.47. The van der Waals surface area contributed by atoms with Gasteiger partial charge in [0.25, 0.3) is 0 Å². The van der Waals surface area contributed by atoms with Gasteiger partial charge in [-0.25, -0.2) is 0 Å². The molecule has 0 spiro atoms. The summed E-state index contributed by atoms with van der Waals surface area (Å²) in [5, 5.41) is 3.77. The van der Waals surface area contributed by atoms with Crippen molar-refractivity contribution in [1.82, 2.24) is 5.32 Å². The van der Waals surface area contributed by atoms with Crippen LogP contribution in [0.5, 0.6) is 0 Å². The van der Waals surface area contributed by atoms with E-state index in [2.05, 4.69) is 5.32 Å². The first-order valence-electron chi connectivity index (χ1n) is 7.30. The second-order valence-corrected chi connectivity index (χ2v) is 6.49. The number of amides is 1. The minimum atomic E-state index is -0.278. The molecule has 3 N–H and O–H groups in total. The van der Waals surface area contributed by atoms with Gasteiger partial charge in [0.2, 0.25) is 5.91 Å². The SMILES string of the molecule is CC(Cc1cccc(Cl)c1)NC(=O)CC1(N)CCCC1. The fourth-order valence-corrected chi connectivity index (χ4v) is 3.18. The highest BCUT2D eigenvalue weighted by Crippen LogP contribution is 2.29. The quantitative estimate of drug-likeness (QED) is 0.877. The Balaban J connectivity index is 1.82. The number of hydrogen-bond donors (Lipinski definition) is 2. The minimum absolute atomic E-state index is 0.0592. The number of benzene rings is 1. The molecular weight excluding hydrogens is 272 g/mol. The highest BCUT2D eigenvalue weighted by molar-refractivity contribution is 6.30.